The lowest BCUT2D eigenvalue weighted by atomic mass is 10.0. The van der Waals surface area contributed by atoms with Crippen molar-refractivity contribution in [3.05, 3.63) is 11.4 Å². The van der Waals surface area contributed by atoms with E-state index in [1.807, 2.05) is 6.92 Å². The van der Waals surface area contributed by atoms with E-state index in [1.54, 1.807) is 0 Å². The standard InChI is InChI=1S/C16H30N4/c1-6-10-14-18-15(17)12(5)16(19-14)20(9-4)11-13(7-2)8-3/h13H,6-11H2,1-5H3,(H2,17,18,19). The fraction of sp³-hybridized carbons (Fsp3) is 0.750. The molecule has 1 aromatic rings. The van der Waals surface area contributed by atoms with Gasteiger partial charge in [-0.1, -0.05) is 33.6 Å². The van der Waals surface area contributed by atoms with Crippen molar-refractivity contribution in [2.24, 2.45) is 5.92 Å². The van der Waals surface area contributed by atoms with Crippen LogP contribution in [0.4, 0.5) is 11.6 Å². The molecule has 1 aromatic heterocycles. The fourth-order valence-electron chi connectivity index (χ4n) is 2.44. The zero-order valence-corrected chi connectivity index (χ0v) is 13.7. The molecule has 0 aliphatic heterocycles. The van der Waals surface area contributed by atoms with E-state index in [1.165, 1.54) is 12.8 Å². The van der Waals surface area contributed by atoms with Gasteiger partial charge in [0.25, 0.3) is 0 Å². The molecule has 0 fully saturated rings. The van der Waals surface area contributed by atoms with Crippen molar-refractivity contribution in [3.8, 4) is 0 Å². The zero-order chi connectivity index (χ0) is 15.1. The Morgan fingerprint density at radius 2 is 1.75 bits per heavy atom. The van der Waals surface area contributed by atoms with Crippen LogP contribution in [0.25, 0.3) is 0 Å². The number of aromatic nitrogens is 2. The summed E-state index contributed by atoms with van der Waals surface area (Å²) in [5.74, 6) is 3.23. The van der Waals surface area contributed by atoms with Crippen LogP contribution in [0.5, 0.6) is 0 Å². The number of anilines is 2. The van der Waals surface area contributed by atoms with Gasteiger partial charge in [-0.05, 0) is 26.2 Å². The van der Waals surface area contributed by atoms with Gasteiger partial charge >= 0.3 is 0 Å². The van der Waals surface area contributed by atoms with E-state index in [0.29, 0.717) is 11.7 Å². The average molecular weight is 278 g/mol. The molecule has 0 unspecified atom stereocenters. The van der Waals surface area contributed by atoms with E-state index in [-0.39, 0.29) is 0 Å². The molecule has 1 heterocycles. The molecule has 4 heteroatoms. The van der Waals surface area contributed by atoms with Gasteiger partial charge in [0.2, 0.25) is 0 Å². The Morgan fingerprint density at radius 3 is 2.25 bits per heavy atom. The maximum Gasteiger partial charge on any atom is 0.137 e. The van der Waals surface area contributed by atoms with Crippen LogP contribution in [-0.4, -0.2) is 23.1 Å². The first-order chi connectivity index (χ1) is 9.57. The second kappa shape index (κ2) is 8.08. The first-order valence-corrected chi connectivity index (χ1v) is 7.95. The molecule has 114 valence electrons. The summed E-state index contributed by atoms with van der Waals surface area (Å²) in [6.45, 7) is 12.9. The highest BCUT2D eigenvalue weighted by atomic mass is 15.2. The second-order valence-electron chi connectivity index (χ2n) is 5.44. The summed E-state index contributed by atoms with van der Waals surface area (Å²) < 4.78 is 0. The fourth-order valence-corrected chi connectivity index (χ4v) is 2.44. The first kappa shape index (κ1) is 16.7. The minimum Gasteiger partial charge on any atom is -0.383 e. The number of nitrogens with zero attached hydrogens (tertiary/aromatic N) is 3. The lowest BCUT2D eigenvalue weighted by molar-refractivity contribution is 0.483. The highest BCUT2D eigenvalue weighted by Crippen LogP contribution is 2.24. The molecule has 0 radical (unpaired) electrons. The van der Waals surface area contributed by atoms with Crippen LogP contribution < -0.4 is 10.6 Å². The Morgan fingerprint density at radius 1 is 1.10 bits per heavy atom. The van der Waals surface area contributed by atoms with Crippen LogP contribution in [0, 0.1) is 12.8 Å². The van der Waals surface area contributed by atoms with Gasteiger partial charge in [-0.25, -0.2) is 9.97 Å². The molecule has 0 saturated carbocycles. The maximum atomic E-state index is 6.06. The van der Waals surface area contributed by atoms with Crippen LogP contribution in [0.2, 0.25) is 0 Å². The van der Waals surface area contributed by atoms with E-state index >= 15 is 0 Å². The first-order valence-electron chi connectivity index (χ1n) is 7.95. The second-order valence-corrected chi connectivity index (χ2v) is 5.44. The monoisotopic (exact) mass is 278 g/mol. The number of nitrogen functional groups attached to an aromatic ring is 1. The van der Waals surface area contributed by atoms with Gasteiger partial charge in [-0.2, -0.15) is 0 Å². The molecular weight excluding hydrogens is 248 g/mol. The van der Waals surface area contributed by atoms with Gasteiger partial charge in [0.15, 0.2) is 0 Å². The van der Waals surface area contributed by atoms with Crippen molar-refractivity contribution >= 4 is 11.6 Å². The molecular formula is C16H30N4. The number of hydrogen-bond donors (Lipinski definition) is 1. The van der Waals surface area contributed by atoms with Crippen LogP contribution >= 0.6 is 0 Å². The summed E-state index contributed by atoms with van der Waals surface area (Å²) in [7, 11) is 0. The molecule has 2 N–H and O–H groups in total. The quantitative estimate of drug-likeness (QED) is 0.789. The van der Waals surface area contributed by atoms with E-state index < -0.39 is 0 Å². The summed E-state index contributed by atoms with van der Waals surface area (Å²) in [5.41, 5.74) is 7.07. The topological polar surface area (TPSA) is 55.0 Å². The van der Waals surface area contributed by atoms with E-state index in [2.05, 4.69) is 37.6 Å². The van der Waals surface area contributed by atoms with Crippen molar-refractivity contribution in [2.45, 2.75) is 60.3 Å². The largest absolute Gasteiger partial charge is 0.383 e. The van der Waals surface area contributed by atoms with Crippen LogP contribution in [0.1, 0.15) is 58.3 Å². The lowest BCUT2D eigenvalue weighted by Crippen LogP contribution is -2.31. The van der Waals surface area contributed by atoms with Crippen LogP contribution in [0.3, 0.4) is 0 Å². The molecule has 0 aliphatic rings. The molecule has 20 heavy (non-hydrogen) atoms. The zero-order valence-electron chi connectivity index (χ0n) is 13.7. The lowest BCUT2D eigenvalue weighted by Gasteiger charge is -2.28. The Kier molecular flexibility index (Phi) is 6.76. The number of rotatable bonds is 8. The molecule has 0 aromatic carbocycles. The van der Waals surface area contributed by atoms with Crippen molar-refractivity contribution in [1.82, 2.24) is 9.97 Å². The normalized spacial score (nSPS) is 11.1. The van der Waals surface area contributed by atoms with Crippen molar-refractivity contribution in [2.75, 3.05) is 23.7 Å². The Balaban J connectivity index is 3.06. The summed E-state index contributed by atoms with van der Waals surface area (Å²) in [5, 5.41) is 0. The smallest absolute Gasteiger partial charge is 0.137 e. The molecule has 0 bridgehead atoms. The average Bonchev–Trinajstić information content (AvgIpc) is 2.45. The predicted molar refractivity (Wildman–Crippen MR) is 87.1 cm³/mol. The molecule has 4 nitrogen and oxygen atoms in total. The van der Waals surface area contributed by atoms with Gasteiger partial charge in [0, 0.05) is 25.1 Å². The third kappa shape index (κ3) is 4.09. The van der Waals surface area contributed by atoms with Gasteiger partial charge in [-0.3, -0.25) is 0 Å². The van der Waals surface area contributed by atoms with Crippen LogP contribution in [0.15, 0.2) is 0 Å². The third-order valence-corrected chi connectivity index (χ3v) is 3.99. The van der Waals surface area contributed by atoms with Crippen LogP contribution in [-0.2, 0) is 6.42 Å². The molecule has 0 spiro atoms. The van der Waals surface area contributed by atoms with Gasteiger partial charge in [-0.15, -0.1) is 0 Å². The highest BCUT2D eigenvalue weighted by Gasteiger charge is 2.17. The molecule has 1 rings (SSSR count). The number of nitrogens with two attached hydrogens (primary N) is 1. The van der Waals surface area contributed by atoms with E-state index in [4.69, 9.17) is 10.7 Å². The Bertz CT molecular complexity index is 413. The third-order valence-electron chi connectivity index (χ3n) is 3.99. The molecule has 0 saturated heterocycles. The number of hydrogen-bond acceptors (Lipinski definition) is 4. The van der Waals surface area contributed by atoms with Gasteiger partial charge in [0.05, 0.1) is 0 Å². The summed E-state index contributed by atoms with van der Waals surface area (Å²) in [4.78, 5) is 11.5. The summed E-state index contributed by atoms with van der Waals surface area (Å²) in [6, 6.07) is 0. The number of aryl methyl sites for hydroxylation is 1. The van der Waals surface area contributed by atoms with Gasteiger partial charge in [0.1, 0.15) is 17.5 Å². The minimum atomic E-state index is 0.626. The molecule has 0 atom stereocenters. The highest BCUT2D eigenvalue weighted by molar-refractivity contribution is 5.56. The van der Waals surface area contributed by atoms with Crippen molar-refractivity contribution in [1.29, 1.82) is 0 Å². The Labute approximate surface area is 123 Å². The predicted octanol–water partition coefficient (Wildman–Crippen LogP) is 3.58. The molecule has 0 amide bonds. The summed E-state index contributed by atoms with van der Waals surface area (Å²) >= 11 is 0. The SMILES string of the molecule is CCCc1nc(N)c(C)c(N(CC)CC(CC)CC)n1. The minimum absolute atomic E-state index is 0.626. The summed E-state index contributed by atoms with van der Waals surface area (Å²) in [6.07, 6.45) is 4.34. The van der Waals surface area contributed by atoms with Crippen molar-refractivity contribution < 1.29 is 0 Å². The maximum absolute atomic E-state index is 6.06. The van der Waals surface area contributed by atoms with E-state index in [0.717, 1.165) is 43.1 Å². The molecule has 0 aliphatic carbocycles. The van der Waals surface area contributed by atoms with Gasteiger partial charge < -0.3 is 10.6 Å². The van der Waals surface area contributed by atoms with Crippen molar-refractivity contribution in [3.63, 3.8) is 0 Å². The van der Waals surface area contributed by atoms with E-state index in [9.17, 15) is 0 Å². The Hall–Kier alpha value is -1.32.